The topological polar surface area (TPSA) is 84.2 Å². The average molecular weight is 251 g/mol. The van der Waals surface area contributed by atoms with Crippen LogP contribution in [0.3, 0.4) is 0 Å². The Morgan fingerprint density at radius 1 is 1.47 bits per heavy atom. The summed E-state index contributed by atoms with van der Waals surface area (Å²) >= 11 is 1.02. The Hall–Kier alpha value is -2.15. The predicted octanol–water partition coefficient (Wildman–Crippen LogP) is 1.28. The van der Waals surface area contributed by atoms with Crippen LogP contribution < -0.4 is 5.32 Å². The molecule has 2 aromatic rings. The summed E-state index contributed by atoms with van der Waals surface area (Å²) in [5.74, 6) is -1.24. The molecular formula is C10H9N3O3S. The highest BCUT2D eigenvalue weighted by Gasteiger charge is 2.09. The number of rotatable bonds is 4. The normalized spacial score (nSPS) is 10.1. The van der Waals surface area contributed by atoms with E-state index in [1.165, 1.54) is 10.7 Å². The van der Waals surface area contributed by atoms with E-state index in [0.29, 0.717) is 5.00 Å². The van der Waals surface area contributed by atoms with Crippen LogP contribution in [0.15, 0.2) is 30.6 Å². The van der Waals surface area contributed by atoms with Gasteiger partial charge in [0, 0.05) is 12.4 Å². The van der Waals surface area contributed by atoms with Crippen LogP contribution in [0, 0.1) is 0 Å². The van der Waals surface area contributed by atoms with Crippen molar-refractivity contribution in [2.75, 3.05) is 5.32 Å². The maximum Gasteiger partial charge on any atom is 0.345 e. The minimum Gasteiger partial charge on any atom is -0.477 e. The highest BCUT2D eigenvalue weighted by molar-refractivity contribution is 7.18. The van der Waals surface area contributed by atoms with Crippen LogP contribution in [-0.4, -0.2) is 26.8 Å². The number of amides is 1. The van der Waals surface area contributed by atoms with Crippen LogP contribution in [-0.2, 0) is 11.3 Å². The summed E-state index contributed by atoms with van der Waals surface area (Å²) in [7, 11) is 0. The van der Waals surface area contributed by atoms with Crippen LogP contribution in [0.5, 0.6) is 0 Å². The fourth-order valence-corrected chi connectivity index (χ4v) is 2.00. The number of nitrogens with zero attached hydrogens (tertiary/aromatic N) is 2. The molecule has 0 aliphatic heterocycles. The van der Waals surface area contributed by atoms with Crippen LogP contribution in [0.25, 0.3) is 0 Å². The molecule has 0 spiro atoms. The number of hydrogen-bond acceptors (Lipinski definition) is 4. The molecule has 2 aromatic heterocycles. The Morgan fingerprint density at radius 2 is 2.29 bits per heavy atom. The van der Waals surface area contributed by atoms with Gasteiger partial charge in [-0.3, -0.25) is 9.48 Å². The van der Waals surface area contributed by atoms with Crippen molar-refractivity contribution >= 4 is 28.2 Å². The zero-order valence-electron chi connectivity index (χ0n) is 8.66. The first-order chi connectivity index (χ1) is 8.15. The molecule has 6 nitrogen and oxygen atoms in total. The van der Waals surface area contributed by atoms with Crippen molar-refractivity contribution in [2.45, 2.75) is 6.54 Å². The number of carbonyl (C=O) groups excluding carboxylic acids is 1. The van der Waals surface area contributed by atoms with Crippen molar-refractivity contribution in [3.63, 3.8) is 0 Å². The van der Waals surface area contributed by atoms with Gasteiger partial charge in [0.15, 0.2) is 0 Å². The second-order valence-electron chi connectivity index (χ2n) is 3.22. The smallest absolute Gasteiger partial charge is 0.345 e. The number of carboxylic acids is 1. The van der Waals surface area contributed by atoms with Crippen LogP contribution in [0.2, 0.25) is 0 Å². The largest absolute Gasteiger partial charge is 0.477 e. The third-order valence-electron chi connectivity index (χ3n) is 1.94. The molecule has 17 heavy (non-hydrogen) atoms. The molecule has 1 amide bonds. The van der Waals surface area contributed by atoms with Gasteiger partial charge in [0.05, 0.1) is 5.00 Å². The summed E-state index contributed by atoms with van der Waals surface area (Å²) < 4.78 is 1.49. The standard InChI is InChI=1S/C10H9N3O3S/c14-8(6-13-5-1-4-11-13)12-9-3-2-7(17-9)10(15)16/h1-5H,6H2,(H,12,14)(H,15,16). The number of thiophene rings is 1. The lowest BCUT2D eigenvalue weighted by atomic mass is 10.4. The van der Waals surface area contributed by atoms with Gasteiger partial charge < -0.3 is 10.4 Å². The van der Waals surface area contributed by atoms with Gasteiger partial charge in [-0.15, -0.1) is 11.3 Å². The molecule has 0 unspecified atom stereocenters. The first-order valence-electron chi connectivity index (χ1n) is 4.75. The van der Waals surface area contributed by atoms with Crippen molar-refractivity contribution < 1.29 is 14.7 Å². The van der Waals surface area contributed by atoms with Crippen LogP contribution in [0.4, 0.5) is 5.00 Å². The lowest BCUT2D eigenvalue weighted by molar-refractivity contribution is -0.116. The molecule has 2 N–H and O–H groups in total. The molecule has 2 heterocycles. The molecule has 0 saturated carbocycles. The second kappa shape index (κ2) is 4.79. The van der Waals surface area contributed by atoms with E-state index in [1.54, 1.807) is 24.5 Å². The third kappa shape index (κ3) is 2.91. The van der Waals surface area contributed by atoms with E-state index < -0.39 is 5.97 Å². The quantitative estimate of drug-likeness (QED) is 0.857. The number of carboxylic acid groups (broad SMARTS) is 1. The molecular weight excluding hydrogens is 242 g/mol. The number of aromatic nitrogens is 2. The van der Waals surface area contributed by atoms with Crippen molar-refractivity contribution in [3.8, 4) is 0 Å². The third-order valence-corrected chi connectivity index (χ3v) is 2.93. The Morgan fingerprint density at radius 3 is 2.88 bits per heavy atom. The summed E-state index contributed by atoms with van der Waals surface area (Å²) in [5.41, 5.74) is 0. The van der Waals surface area contributed by atoms with Gasteiger partial charge in [-0.25, -0.2) is 4.79 Å². The Balaban J connectivity index is 1.96. The van der Waals surface area contributed by atoms with E-state index >= 15 is 0 Å². The molecule has 0 radical (unpaired) electrons. The molecule has 2 rings (SSSR count). The van der Waals surface area contributed by atoms with Gasteiger partial charge in [-0.2, -0.15) is 5.10 Å². The zero-order chi connectivity index (χ0) is 12.3. The molecule has 0 bridgehead atoms. The minimum atomic E-state index is -0.998. The van der Waals surface area contributed by atoms with E-state index in [2.05, 4.69) is 10.4 Å². The molecule has 0 aromatic carbocycles. The van der Waals surface area contributed by atoms with Crippen molar-refractivity contribution in [1.82, 2.24) is 9.78 Å². The second-order valence-corrected chi connectivity index (χ2v) is 4.30. The number of hydrogen-bond donors (Lipinski definition) is 2. The highest BCUT2D eigenvalue weighted by Crippen LogP contribution is 2.21. The predicted molar refractivity (Wildman–Crippen MR) is 62.1 cm³/mol. The lowest BCUT2D eigenvalue weighted by Gasteiger charge is -2.01. The minimum absolute atomic E-state index is 0.104. The van der Waals surface area contributed by atoms with Crippen LogP contribution >= 0.6 is 11.3 Å². The summed E-state index contributed by atoms with van der Waals surface area (Å²) in [6.07, 6.45) is 3.26. The van der Waals surface area contributed by atoms with Crippen molar-refractivity contribution in [2.24, 2.45) is 0 Å². The molecule has 88 valence electrons. The molecule has 7 heteroatoms. The van der Waals surface area contributed by atoms with E-state index in [-0.39, 0.29) is 17.3 Å². The molecule has 0 atom stereocenters. The maximum atomic E-state index is 11.5. The van der Waals surface area contributed by atoms with Gasteiger partial charge in [-0.1, -0.05) is 0 Å². The Labute approximate surface area is 100 Å². The summed E-state index contributed by atoms with van der Waals surface area (Å²) in [6.45, 7) is 0.104. The van der Waals surface area contributed by atoms with E-state index in [0.717, 1.165) is 11.3 Å². The highest BCUT2D eigenvalue weighted by atomic mass is 32.1. The summed E-state index contributed by atoms with van der Waals surface area (Å²) in [4.78, 5) is 22.4. The van der Waals surface area contributed by atoms with Gasteiger partial charge in [-0.05, 0) is 18.2 Å². The number of carbonyl (C=O) groups is 2. The van der Waals surface area contributed by atoms with E-state index in [9.17, 15) is 9.59 Å². The molecule has 0 aliphatic rings. The lowest BCUT2D eigenvalue weighted by Crippen LogP contribution is -2.18. The monoisotopic (exact) mass is 251 g/mol. The van der Waals surface area contributed by atoms with Gasteiger partial charge in [0.25, 0.3) is 0 Å². The molecule has 0 aliphatic carbocycles. The zero-order valence-corrected chi connectivity index (χ0v) is 9.48. The first kappa shape index (κ1) is 11.3. The fourth-order valence-electron chi connectivity index (χ4n) is 1.24. The SMILES string of the molecule is O=C(Cn1cccn1)Nc1ccc(C(=O)O)s1. The van der Waals surface area contributed by atoms with Crippen LogP contribution in [0.1, 0.15) is 9.67 Å². The fraction of sp³-hybridized carbons (Fsp3) is 0.100. The Kier molecular flexibility index (Phi) is 3.20. The van der Waals surface area contributed by atoms with Crippen molar-refractivity contribution in [1.29, 1.82) is 0 Å². The number of aromatic carboxylic acids is 1. The average Bonchev–Trinajstić information content (AvgIpc) is 2.88. The molecule has 0 saturated heterocycles. The molecule has 0 fully saturated rings. The Bertz CT molecular complexity index is 533. The number of anilines is 1. The number of nitrogens with one attached hydrogen (secondary N) is 1. The van der Waals surface area contributed by atoms with Gasteiger partial charge >= 0.3 is 5.97 Å². The van der Waals surface area contributed by atoms with E-state index in [4.69, 9.17) is 5.11 Å². The first-order valence-corrected chi connectivity index (χ1v) is 5.57. The van der Waals surface area contributed by atoms with Gasteiger partial charge in [0.2, 0.25) is 5.91 Å². The van der Waals surface area contributed by atoms with Gasteiger partial charge in [0.1, 0.15) is 11.4 Å². The summed E-state index contributed by atoms with van der Waals surface area (Å²) in [6, 6.07) is 4.74. The van der Waals surface area contributed by atoms with Crippen molar-refractivity contribution in [3.05, 3.63) is 35.5 Å². The summed E-state index contributed by atoms with van der Waals surface area (Å²) in [5, 5.41) is 15.7. The van der Waals surface area contributed by atoms with E-state index in [1.807, 2.05) is 0 Å². The maximum absolute atomic E-state index is 11.5.